The number of benzene rings is 1. The minimum absolute atomic E-state index is 0.314. The van der Waals surface area contributed by atoms with Gasteiger partial charge in [0.15, 0.2) is 0 Å². The zero-order chi connectivity index (χ0) is 11.5. The van der Waals surface area contributed by atoms with Crippen LogP contribution in [0.15, 0.2) is 24.3 Å². The van der Waals surface area contributed by atoms with Gasteiger partial charge in [-0.2, -0.15) is 0 Å². The van der Waals surface area contributed by atoms with Crippen LogP contribution in [0.1, 0.15) is 29.8 Å². The molecule has 0 aliphatic heterocycles. The molecule has 15 heavy (non-hydrogen) atoms. The third-order valence-corrected chi connectivity index (χ3v) is 2.44. The van der Waals surface area contributed by atoms with Crippen LogP contribution >= 0.6 is 0 Å². The van der Waals surface area contributed by atoms with Crippen LogP contribution in [0.25, 0.3) is 0 Å². The van der Waals surface area contributed by atoms with Crippen molar-refractivity contribution in [2.45, 2.75) is 19.3 Å². The summed E-state index contributed by atoms with van der Waals surface area (Å²) in [5.41, 5.74) is 0.608. The van der Waals surface area contributed by atoms with Gasteiger partial charge in [0.2, 0.25) is 0 Å². The first kappa shape index (κ1) is 11.4. The predicted molar refractivity (Wildman–Crippen MR) is 56.9 cm³/mol. The van der Waals surface area contributed by atoms with Gasteiger partial charge in [0.05, 0.1) is 12.5 Å². The zero-order valence-electron chi connectivity index (χ0n) is 9.11. The minimum Gasteiger partial charge on any atom is -0.468 e. The number of carbonyl (C=O) groups excluding carboxylic acids is 2. The van der Waals surface area contributed by atoms with Gasteiger partial charge in [-0.15, -0.1) is 0 Å². The van der Waals surface area contributed by atoms with Crippen molar-refractivity contribution in [3.05, 3.63) is 35.4 Å². The lowest BCUT2D eigenvalue weighted by Crippen LogP contribution is -2.30. The van der Waals surface area contributed by atoms with Gasteiger partial charge in [-0.25, -0.2) is 0 Å². The van der Waals surface area contributed by atoms with Crippen molar-refractivity contribution in [1.82, 2.24) is 0 Å². The SMILES string of the molecule is COC(=O)C(C)(C)c1cccc(C=O)c1. The van der Waals surface area contributed by atoms with Crippen molar-refractivity contribution >= 4 is 12.3 Å². The summed E-state index contributed by atoms with van der Waals surface area (Å²) in [6.07, 6.45) is 0.761. The van der Waals surface area contributed by atoms with E-state index in [2.05, 4.69) is 0 Å². The molecule has 0 saturated carbocycles. The first-order valence-electron chi connectivity index (χ1n) is 4.66. The summed E-state index contributed by atoms with van der Waals surface area (Å²) in [6.45, 7) is 3.53. The van der Waals surface area contributed by atoms with Crippen molar-refractivity contribution in [3.8, 4) is 0 Å². The fourth-order valence-corrected chi connectivity index (χ4v) is 1.37. The second-order valence-electron chi connectivity index (χ2n) is 3.86. The lowest BCUT2D eigenvalue weighted by molar-refractivity contribution is -0.146. The molecule has 1 rings (SSSR count). The average Bonchev–Trinajstić information content (AvgIpc) is 2.27. The van der Waals surface area contributed by atoms with E-state index in [0.29, 0.717) is 5.56 Å². The second-order valence-corrected chi connectivity index (χ2v) is 3.86. The van der Waals surface area contributed by atoms with E-state index in [1.807, 2.05) is 6.07 Å². The molecule has 3 nitrogen and oxygen atoms in total. The molecule has 0 unspecified atom stereocenters. The van der Waals surface area contributed by atoms with Crippen molar-refractivity contribution < 1.29 is 14.3 Å². The Balaban J connectivity index is 3.14. The summed E-state index contributed by atoms with van der Waals surface area (Å²) in [7, 11) is 1.35. The molecule has 0 aliphatic rings. The molecule has 1 aromatic carbocycles. The van der Waals surface area contributed by atoms with E-state index in [0.717, 1.165) is 11.8 Å². The van der Waals surface area contributed by atoms with Gasteiger partial charge in [-0.05, 0) is 25.5 Å². The third-order valence-electron chi connectivity index (χ3n) is 2.44. The summed E-state index contributed by atoms with van der Waals surface area (Å²) < 4.78 is 4.72. The van der Waals surface area contributed by atoms with Crippen LogP contribution in [0.4, 0.5) is 0 Å². The van der Waals surface area contributed by atoms with Crippen LogP contribution in [-0.2, 0) is 14.9 Å². The van der Waals surface area contributed by atoms with Gasteiger partial charge in [-0.3, -0.25) is 9.59 Å². The molecule has 0 amide bonds. The van der Waals surface area contributed by atoms with E-state index in [-0.39, 0.29) is 5.97 Å². The van der Waals surface area contributed by atoms with E-state index in [9.17, 15) is 9.59 Å². The molecule has 0 radical (unpaired) electrons. The molecule has 1 aromatic rings. The number of hydrogen-bond acceptors (Lipinski definition) is 3. The Hall–Kier alpha value is -1.64. The normalized spacial score (nSPS) is 10.9. The molecule has 0 saturated heterocycles. The molecule has 0 fully saturated rings. The number of rotatable bonds is 3. The molecule has 0 bridgehead atoms. The summed E-state index contributed by atoms with van der Waals surface area (Å²) in [5.74, 6) is -0.314. The Kier molecular flexibility index (Phi) is 3.24. The highest BCUT2D eigenvalue weighted by Crippen LogP contribution is 2.24. The van der Waals surface area contributed by atoms with Gasteiger partial charge in [-0.1, -0.05) is 18.2 Å². The topological polar surface area (TPSA) is 43.4 Å². The first-order chi connectivity index (χ1) is 7.02. The molecule has 80 valence electrons. The highest BCUT2D eigenvalue weighted by molar-refractivity contribution is 5.83. The molecule has 0 spiro atoms. The maximum Gasteiger partial charge on any atom is 0.315 e. The largest absolute Gasteiger partial charge is 0.468 e. The van der Waals surface area contributed by atoms with Crippen molar-refractivity contribution in [2.75, 3.05) is 7.11 Å². The predicted octanol–water partition coefficient (Wildman–Crippen LogP) is 1.95. The number of methoxy groups -OCH3 is 1. The second kappa shape index (κ2) is 4.26. The molecule has 0 heterocycles. The molecular weight excluding hydrogens is 192 g/mol. The molecular formula is C12H14O3. The van der Waals surface area contributed by atoms with Gasteiger partial charge in [0, 0.05) is 5.56 Å². The Morgan fingerprint density at radius 2 is 2.07 bits per heavy atom. The minimum atomic E-state index is -0.728. The first-order valence-corrected chi connectivity index (χ1v) is 4.66. The van der Waals surface area contributed by atoms with Gasteiger partial charge in [0.1, 0.15) is 6.29 Å². The summed E-state index contributed by atoms with van der Waals surface area (Å²) in [5, 5.41) is 0. The monoisotopic (exact) mass is 206 g/mol. The molecule has 0 N–H and O–H groups in total. The number of esters is 1. The lowest BCUT2D eigenvalue weighted by atomic mass is 9.84. The fourth-order valence-electron chi connectivity index (χ4n) is 1.37. The number of ether oxygens (including phenoxy) is 1. The quantitative estimate of drug-likeness (QED) is 0.560. The Bertz CT molecular complexity index is 380. The Morgan fingerprint density at radius 1 is 1.40 bits per heavy atom. The van der Waals surface area contributed by atoms with Gasteiger partial charge in [0.25, 0.3) is 0 Å². The van der Waals surface area contributed by atoms with Crippen LogP contribution < -0.4 is 0 Å². The lowest BCUT2D eigenvalue weighted by Gasteiger charge is -2.22. The van der Waals surface area contributed by atoms with E-state index in [1.165, 1.54) is 7.11 Å². The van der Waals surface area contributed by atoms with Crippen LogP contribution in [-0.4, -0.2) is 19.4 Å². The standard InChI is InChI=1S/C12H14O3/c1-12(2,11(14)15-3)10-6-4-5-9(7-10)8-13/h4-8H,1-3H3. The van der Waals surface area contributed by atoms with Crippen LogP contribution in [0.3, 0.4) is 0 Å². The van der Waals surface area contributed by atoms with Crippen LogP contribution in [0, 0.1) is 0 Å². The Morgan fingerprint density at radius 3 is 2.60 bits per heavy atom. The van der Waals surface area contributed by atoms with Gasteiger partial charge < -0.3 is 4.74 Å². The average molecular weight is 206 g/mol. The molecule has 0 aromatic heterocycles. The molecule has 0 atom stereocenters. The highest BCUT2D eigenvalue weighted by Gasteiger charge is 2.30. The third kappa shape index (κ3) is 2.24. The maximum atomic E-state index is 11.5. The zero-order valence-corrected chi connectivity index (χ0v) is 9.11. The fraction of sp³-hybridized carbons (Fsp3) is 0.333. The smallest absolute Gasteiger partial charge is 0.315 e. The number of hydrogen-bond donors (Lipinski definition) is 0. The van der Waals surface area contributed by atoms with Crippen LogP contribution in [0.2, 0.25) is 0 Å². The highest BCUT2D eigenvalue weighted by atomic mass is 16.5. The van der Waals surface area contributed by atoms with Crippen molar-refractivity contribution in [1.29, 1.82) is 0 Å². The van der Waals surface area contributed by atoms with Crippen molar-refractivity contribution in [3.63, 3.8) is 0 Å². The maximum absolute atomic E-state index is 11.5. The summed E-state index contributed by atoms with van der Waals surface area (Å²) in [6, 6.07) is 6.96. The summed E-state index contributed by atoms with van der Waals surface area (Å²) in [4.78, 5) is 22.1. The van der Waals surface area contributed by atoms with E-state index < -0.39 is 5.41 Å². The number of aldehydes is 1. The molecule has 0 aliphatic carbocycles. The van der Waals surface area contributed by atoms with E-state index in [1.54, 1.807) is 32.0 Å². The summed E-state index contributed by atoms with van der Waals surface area (Å²) >= 11 is 0. The van der Waals surface area contributed by atoms with Gasteiger partial charge >= 0.3 is 5.97 Å². The van der Waals surface area contributed by atoms with Crippen LogP contribution in [0.5, 0.6) is 0 Å². The van der Waals surface area contributed by atoms with E-state index in [4.69, 9.17) is 4.74 Å². The molecule has 3 heteroatoms. The Labute approximate surface area is 89.1 Å². The van der Waals surface area contributed by atoms with E-state index >= 15 is 0 Å². The number of carbonyl (C=O) groups is 2. The van der Waals surface area contributed by atoms with Crippen molar-refractivity contribution in [2.24, 2.45) is 0 Å².